The zero-order valence-electron chi connectivity index (χ0n) is 18.0. The van der Waals surface area contributed by atoms with Crippen molar-refractivity contribution in [3.63, 3.8) is 0 Å². The lowest BCUT2D eigenvalue weighted by molar-refractivity contribution is 0.448. The second-order valence-corrected chi connectivity index (χ2v) is 9.04. The third kappa shape index (κ3) is 5.20. The summed E-state index contributed by atoms with van der Waals surface area (Å²) in [6, 6.07) is 5.35. The molecule has 0 radical (unpaired) electrons. The Balaban J connectivity index is 1.45. The number of hydrogen-bond donors (Lipinski definition) is 0. The third-order valence-electron chi connectivity index (χ3n) is 5.36. The minimum atomic E-state index is -0.367. The first-order valence-electron chi connectivity index (χ1n) is 10.7. The van der Waals surface area contributed by atoms with E-state index in [1.807, 2.05) is 13.0 Å². The van der Waals surface area contributed by atoms with Gasteiger partial charge in [-0.1, -0.05) is 54.2 Å². The van der Waals surface area contributed by atoms with Gasteiger partial charge in [-0.3, -0.25) is 13.9 Å². The number of halogens is 3. The molecule has 0 saturated carbocycles. The molecule has 0 bridgehead atoms. The first kappa shape index (κ1) is 23.7. The minimum Gasteiger partial charge on any atom is -0.278 e. The lowest BCUT2D eigenvalue weighted by Gasteiger charge is -2.13. The molecule has 0 spiro atoms. The van der Waals surface area contributed by atoms with Gasteiger partial charge in [0.15, 0.2) is 5.82 Å². The summed E-state index contributed by atoms with van der Waals surface area (Å²) in [5.74, 6) is 0.932. The van der Waals surface area contributed by atoms with Crippen LogP contribution in [0.3, 0.4) is 0 Å². The fourth-order valence-corrected chi connectivity index (χ4v) is 4.22. The Hall–Kier alpha value is -2.49. The van der Waals surface area contributed by atoms with Crippen LogP contribution in [-0.4, -0.2) is 34.5 Å². The maximum absolute atomic E-state index is 13.0. The fraction of sp³-hybridized carbons (Fsp3) is 0.429. The molecule has 3 heterocycles. The van der Waals surface area contributed by atoms with Crippen molar-refractivity contribution in [2.75, 3.05) is 0 Å². The molecule has 33 heavy (non-hydrogen) atoms. The van der Waals surface area contributed by atoms with Crippen molar-refractivity contribution in [1.29, 1.82) is 0 Å². The zero-order valence-corrected chi connectivity index (χ0v) is 20.2. The van der Waals surface area contributed by atoms with Crippen molar-refractivity contribution in [2.45, 2.75) is 58.7 Å². The van der Waals surface area contributed by atoms with Gasteiger partial charge in [0.1, 0.15) is 11.0 Å². The van der Waals surface area contributed by atoms with Gasteiger partial charge in [0.2, 0.25) is 0 Å². The highest BCUT2D eigenvalue weighted by molar-refractivity contribution is 6.66. The van der Waals surface area contributed by atoms with Crippen LogP contribution in [0.5, 0.6) is 0 Å². The molecule has 0 atom stereocenters. The molecule has 3 aromatic rings. The van der Waals surface area contributed by atoms with E-state index in [-0.39, 0.29) is 24.2 Å². The van der Waals surface area contributed by atoms with E-state index in [2.05, 4.69) is 20.4 Å². The van der Waals surface area contributed by atoms with E-state index < -0.39 is 0 Å². The number of unbranched alkanes of at least 4 members (excludes halogenated alkanes) is 1. The highest BCUT2D eigenvalue weighted by Crippen LogP contribution is 2.24. The zero-order chi connectivity index (χ0) is 23.5. The molecular formula is C21H22Cl3N7O2. The van der Waals surface area contributed by atoms with E-state index in [0.29, 0.717) is 58.4 Å². The smallest absolute Gasteiger partial charge is 0.278 e. The van der Waals surface area contributed by atoms with Crippen molar-refractivity contribution >= 4 is 45.8 Å². The minimum absolute atomic E-state index is 0.234. The number of aryl methyl sites for hydroxylation is 1. The Morgan fingerprint density at radius 2 is 1.79 bits per heavy atom. The predicted molar refractivity (Wildman–Crippen MR) is 128 cm³/mol. The van der Waals surface area contributed by atoms with E-state index in [1.165, 1.54) is 9.36 Å². The monoisotopic (exact) mass is 509 g/mol. The SMILES string of the molecule is CCCCn1c2c(c(=O)n(CCCn3nnc(Cc4ccc(Cl)c(Cl)c4)n3)c1=O)CC(Cl)=N2. The molecule has 1 aromatic carbocycles. The van der Waals surface area contributed by atoms with Crippen LogP contribution in [0.4, 0.5) is 5.82 Å². The van der Waals surface area contributed by atoms with Crippen molar-refractivity contribution in [1.82, 2.24) is 29.3 Å². The summed E-state index contributed by atoms with van der Waals surface area (Å²) in [6.07, 6.45) is 2.93. The number of benzene rings is 1. The van der Waals surface area contributed by atoms with Gasteiger partial charge in [-0.2, -0.15) is 4.80 Å². The van der Waals surface area contributed by atoms with Crippen LogP contribution in [0.15, 0.2) is 32.8 Å². The molecule has 12 heteroatoms. The van der Waals surface area contributed by atoms with Crippen molar-refractivity contribution in [3.05, 3.63) is 66.0 Å². The molecule has 1 aliphatic rings. The summed E-state index contributed by atoms with van der Waals surface area (Å²) in [6.45, 7) is 3.18. The Labute approximate surface area is 204 Å². The van der Waals surface area contributed by atoms with Gasteiger partial charge in [0.05, 0.1) is 22.2 Å². The van der Waals surface area contributed by atoms with E-state index in [0.717, 1.165) is 18.4 Å². The first-order valence-corrected chi connectivity index (χ1v) is 11.8. The third-order valence-corrected chi connectivity index (χ3v) is 6.31. The van der Waals surface area contributed by atoms with Crippen molar-refractivity contribution in [3.8, 4) is 0 Å². The molecule has 0 amide bonds. The quantitative estimate of drug-likeness (QED) is 0.438. The lowest BCUT2D eigenvalue weighted by atomic mass is 10.1. The van der Waals surface area contributed by atoms with Gasteiger partial charge >= 0.3 is 5.69 Å². The maximum Gasteiger partial charge on any atom is 0.332 e. The Kier molecular flexibility index (Phi) is 7.31. The summed E-state index contributed by atoms with van der Waals surface area (Å²) in [4.78, 5) is 31.6. The van der Waals surface area contributed by atoms with Gasteiger partial charge in [-0.15, -0.1) is 10.2 Å². The molecule has 1 aliphatic heterocycles. The van der Waals surface area contributed by atoms with Gasteiger partial charge in [0, 0.05) is 25.9 Å². The summed E-state index contributed by atoms with van der Waals surface area (Å²) in [5.41, 5.74) is 0.684. The first-order chi connectivity index (χ1) is 15.9. The summed E-state index contributed by atoms with van der Waals surface area (Å²) >= 11 is 18.1. The molecule has 0 N–H and O–H groups in total. The standard InChI is InChI=1S/C21H22Cl3N7O2/c1-2-3-7-29-19-14(12-17(24)25-19)20(32)30(21(29)33)8-4-9-31-27-18(26-28-31)11-13-5-6-15(22)16(23)10-13/h5-6,10H,2-4,7-9,11-12H2,1H3. The molecule has 174 valence electrons. The lowest BCUT2D eigenvalue weighted by Crippen LogP contribution is -2.41. The molecule has 0 saturated heterocycles. The van der Waals surface area contributed by atoms with Gasteiger partial charge in [-0.05, 0) is 35.8 Å². The van der Waals surface area contributed by atoms with Crippen LogP contribution in [0.2, 0.25) is 10.0 Å². The Morgan fingerprint density at radius 1 is 1.00 bits per heavy atom. The van der Waals surface area contributed by atoms with E-state index in [1.54, 1.807) is 16.7 Å². The number of fused-ring (bicyclic) bond motifs is 1. The fourth-order valence-electron chi connectivity index (χ4n) is 3.69. The second-order valence-electron chi connectivity index (χ2n) is 7.79. The largest absolute Gasteiger partial charge is 0.332 e. The number of rotatable bonds is 9. The highest BCUT2D eigenvalue weighted by atomic mass is 35.5. The number of aromatic nitrogens is 6. The van der Waals surface area contributed by atoms with Crippen LogP contribution in [0, 0.1) is 0 Å². The number of nitrogens with zero attached hydrogens (tertiary/aromatic N) is 7. The summed E-state index contributed by atoms with van der Waals surface area (Å²) in [5, 5.41) is 13.8. The average molecular weight is 511 g/mol. The molecule has 0 fully saturated rings. The second kappa shape index (κ2) is 10.2. The topological polar surface area (TPSA) is 100.0 Å². The maximum atomic E-state index is 13.0. The molecular weight excluding hydrogens is 489 g/mol. The van der Waals surface area contributed by atoms with E-state index in [9.17, 15) is 9.59 Å². The van der Waals surface area contributed by atoms with Crippen LogP contribution in [-0.2, 0) is 32.5 Å². The van der Waals surface area contributed by atoms with Crippen LogP contribution < -0.4 is 11.2 Å². The summed E-state index contributed by atoms with van der Waals surface area (Å²) in [7, 11) is 0. The highest BCUT2D eigenvalue weighted by Gasteiger charge is 2.24. The number of hydrogen-bond acceptors (Lipinski definition) is 6. The molecule has 0 unspecified atom stereocenters. The average Bonchev–Trinajstić information content (AvgIpc) is 3.39. The van der Waals surface area contributed by atoms with Gasteiger partial charge < -0.3 is 0 Å². The molecule has 4 rings (SSSR count). The van der Waals surface area contributed by atoms with Crippen LogP contribution in [0.25, 0.3) is 0 Å². The van der Waals surface area contributed by atoms with Gasteiger partial charge in [0.25, 0.3) is 5.56 Å². The molecule has 2 aromatic heterocycles. The van der Waals surface area contributed by atoms with Gasteiger partial charge in [-0.25, -0.2) is 9.79 Å². The molecule has 9 nitrogen and oxygen atoms in total. The van der Waals surface area contributed by atoms with E-state index in [4.69, 9.17) is 34.8 Å². The summed E-state index contributed by atoms with van der Waals surface area (Å²) < 4.78 is 2.81. The Morgan fingerprint density at radius 3 is 2.55 bits per heavy atom. The number of aliphatic imine (C=N–C) groups is 1. The Bertz CT molecular complexity index is 1330. The van der Waals surface area contributed by atoms with Crippen LogP contribution in [0.1, 0.15) is 43.1 Å². The van der Waals surface area contributed by atoms with Crippen molar-refractivity contribution in [2.24, 2.45) is 4.99 Å². The number of tetrazole rings is 1. The normalized spacial score (nSPS) is 12.8. The van der Waals surface area contributed by atoms with Crippen molar-refractivity contribution < 1.29 is 0 Å². The predicted octanol–water partition coefficient (Wildman–Crippen LogP) is 3.61. The van der Waals surface area contributed by atoms with Crippen LogP contribution >= 0.6 is 34.8 Å². The molecule has 0 aliphatic carbocycles. The van der Waals surface area contributed by atoms with E-state index >= 15 is 0 Å².